The molecule has 0 aliphatic heterocycles. The molecule has 0 unspecified atom stereocenters. The summed E-state index contributed by atoms with van der Waals surface area (Å²) >= 11 is 2.35. The van der Waals surface area contributed by atoms with Gasteiger partial charge in [0, 0.05) is 9.75 Å². The first-order chi connectivity index (χ1) is 14.9. The molecule has 5 rings (SSSR count). The van der Waals surface area contributed by atoms with E-state index >= 15 is 0 Å². The standard InChI is InChI=1S/C28H45PS/c1-5-13-22(14-6-1)27-21-26(28(30-27)23-15-7-2-8-16-23)29(24-17-9-3-10-18-24)25-19-11-4-12-20-25/h21-25H,1-20H2. The lowest BCUT2D eigenvalue weighted by Gasteiger charge is -2.39. The van der Waals surface area contributed by atoms with Crippen molar-refractivity contribution in [3.05, 3.63) is 15.8 Å². The van der Waals surface area contributed by atoms with Crippen LogP contribution in [0.1, 0.15) is 150 Å². The highest BCUT2D eigenvalue weighted by Gasteiger charge is 2.36. The van der Waals surface area contributed by atoms with Gasteiger partial charge in [0.15, 0.2) is 0 Å². The van der Waals surface area contributed by atoms with Crippen LogP contribution in [0.15, 0.2) is 6.07 Å². The molecule has 0 atom stereocenters. The van der Waals surface area contributed by atoms with Crippen LogP contribution in [0.4, 0.5) is 0 Å². The summed E-state index contributed by atoms with van der Waals surface area (Å²) in [6.07, 6.45) is 30.2. The molecule has 0 saturated heterocycles. The molecule has 1 heterocycles. The molecule has 30 heavy (non-hydrogen) atoms. The van der Waals surface area contributed by atoms with Gasteiger partial charge >= 0.3 is 0 Å². The Hall–Kier alpha value is 0.130. The van der Waals surface area contributed by atoms with Crippen molar-refractivity contribution in [1.29, 1.82) is 0 Å². The highest BCUT2D eigenvalue weighted by atomic mass is 32.1. The Balaban J connectivity index is 1.50. The lowest BCUT2D eigenvalue weighted by molar-refractivity contribution is 0.447. The first-order valence-electron chi connectivity index (χ1n) is 13.8. The summed E-state index contributed by atoms with van der Waals surface area (Å²) < 4.78 is 0. The van der Waals surface area contributed by atoms with E-state index in [1.54, 1.807) is 25.7 Å². The van der Waals surface area contributed by atoms with Crippen molar-refractivity contribution in [3.63, 3.8) is 0 Å². The minimum atomic E-state index is 0.0725. The molecule has 0 radical (unpaired) electrons. The molecule has 0 aromatic carbocycles. The summed E-state index contributed by atoms with van der Waals surface area (Å²) in [6, 6.07) is 2.87. The molecule has 0 nitrogen and oxygen atoms in total. The molecule has 0 spiro atoms. The fourth-order valence-corrected chi connectivity index (χ4v) is 13.2. The summed E-state index contributed by atoms with van der Waals surface area (Å²) in [4.78, 5) is 3.78. The van der Waals surface area contributed by atoms with Crippen molar-refractivity contribution < 1.29 is 0 Å². The zero-order valence-electron chi connectivity index (χ0n) is 19.4. The van der Waals surface area contributed by atoms with E-state index in [1.165, 1.54) is 103 Å². The quantitative estimate of drug-likeness (QED) is 0.396. The first kappa shape index (κ1) is 21.9. The van der Waals surface area contributed by atoms with Crippen molar-refractivity contribution in [3.8, 4) is 0 Å². The van der Waals surface area contributed by atoms with Crippen LogP contribution in [-0.2, 0) is 0 Å². The van der Waals surface area contributed by atoms with Gasteiger partial charge in [0.1, 0.15) is 0 Å². The number of hydrogen-bond acceptors (Lipinski definition) is 1. The number of thiophene rings is 1. The highest BCUT2D eigenvalue weighted by molar-refractivity contribution is 7.67. The van der Waals surface area contributed by atoms with Crippen molar-refractivity contribution in [2.24, 2.45) is 0 Å². The van der Waals surface area contributed by atoms with E-state index in [-0.39, 0.29) is 7.92 Å². The van der Waals surface area contributed by atoms with Crippen LogP contribution in [0.25, 0.3) is 0 Å². The summed E-state index contributed by atoms with van der Waals surface area (Å²) in [5.74, 6) is 1.84. The van der Waals surface area contributed by atoms with Gasteiger partial charge < -0.3 is 0 Å². The van der Waals surface area contributed by atoms with Gasteiger partial charge in [0.25, 0.3) is 0 Å². The van der Waals surface area contributed by atoms with Gasteiger partial charge in [-0.2, -0.15) is 0 Å². The average Bonchev–Trinajstić information content (AvgIpc) is 3.27. The van der Waals surface area contributed by atoms with E-state index in [1.807, 2.05) is 15.1 Å². The molecule has 4 aliphatic carbocycles. The Morgan fingerprint density at radius 2 is 0.967 bits per heavy atom. The monoisotopic (exact) mass is 444 g/mol. The second-order valence-corrected chi connectivity index (χ2v) is 14.9. The molecule has 0 amide bonds. The van der Waals surface area contributed by atoms with Crippen LogP contribution in [0.3, 0.4) is 0 Å². The van der Waals surface area contributed by atoms with Crippen LogP contribution in [0, 0.1) is 0 Å². The van der Waals surface area contributed by atoms with Crippen LogP contribution in [-0.4, -0.2) is 11.3 Å². The van der Waals surface area contributed by atoms with E-state index in [9.17, 15) is 0 Å². The first-order valence-corrected chi connectivity index (χ1v) is 16.1. The van der Waals surface area contributed by atoms with Gasteiger partial charge in [0.2, 0.25) is 0 Å². The lowest BCUT2D eigenvalue weighted by Crippen LogP contribution is -2.27. The Bertz CT molecular complexity index is 622. The van der Waals surface area contributed by atoms with Gasteiger partial charge in [-0.15, -0.1) is 11.3 Å². The Morgan fingerprint density at radius 3 is 1.47 bits per heavy atom. The number of rotatable bonds is 5. The third-order valence-corrected chi connectivity index (χ3v) is 14.1. The summed E-state index contributed by atoms with van der Waals surface area (Å²) in [6.45, 7) is 0. The fraction of sp³-hybridized carbons (Fsp3) is 0.857. The molecule has 4 aliphatic rings. The molecule has 0 bridgehead atoms. The predicted molar refractivity (Wildman–Crippen MR) is 136 cm³/mol. The largest absolute Gasteiger partial charge is 0.144 e. The van der Waals surface area contributed by atoms with E-state index in [0.29, 0.717) is 0 Å². The summed E-state index contributed by atoms with van der Waals surface area (Å²) in [5, 5.41) is 1.99. The third kappa shape index (κ3) is 5.03. The van der Waals surface area contributed by atoms with Crippen molar-refractivity contribution in [1.82, 2.24) is 0 Å². The van der Waals surface area contributed by atoms with E-state index in [0.717, 1.165) is 23.2 Å². The minimum absolute atomic E-state index is 0.0725. The topological polar surface area (TPSA) is 0 Å². The normalized spacial score (nSPS) is 26.4. The maximum Gasteiger partial charge on any atom is 0.0156 e. The van der Waals surface area contributed by atoms with Gasteiger partial charge in [-0.05, 0) is 85.9 Å². The summed E-state index contributed by atoms with van der Waals surface area (Å²) in [5.41, 5.74) is 2.13. The van der Waals surface area contributed by atoms with E-state index in [4.69, 9.17) is 0 Å². The second kappa shape index (κ2) is 10.8. The lowest BCUT2D eigenvalue weighted by atomic mass is 9.87. The van der Waals surface area contributed by atoms with Crippen molar-refractivity contribution in [2.45, 2.75) is 152 Å². The summed E-state index contributed by atoms with van der Waals surface area (Å²) in [7, 11) is 0.0725. The van der Waals surface area contributed by atoms with Gasteiger partial charge in [-0.1, -0.05) is 85.0 Å². The molecule has 0 N–H and O–H groups in total. The van der Waals surface area contributed by atoms with E-state index in [2.05, 4.69) is 17.4 Å². The molecule has 2 heteroatoms. The molecular formula is C28H45PS. The smallest absolute Gasteiger partial charge is 0.0156 e. The Labute approximate surface area is 191 Å². The molecule has 1 aromatic heterocycles. The third-order valence-electron chi connectivity index (χ3n) is 8.96. The van der Waals surface area contributed by atoms with Crippen LogP contribution in [0.2, 0.25) is 0 Å². The molecule has 4 saturated carbocycles. The number of hydrogen-bond donors (Lipinski definition) is 0. The van der Waals surface area contributed by atoms with Gasteiger partial charge in [0.05, 0.1) is 0 Å². The van der Waals surface area contributed by atoms with Crippen LogP contribution in [0.5, 0.6) is 0 Å². The SMILES string of the molecule is c1c(C2CCCCC2)sc(C2CCCCC2)c1P(C1CCCCC1)C1CCCCC1. The maximum atomic E-state index is 2.87. The molecule has 4 fully saturated rings. The van der Waals surface area contributed by atoms with Gasteiger partial charge in [-0.3, -0.25) is 0 Å². The zero-order chi connectivity index (χ0) is 20.2. The molecule has 168 valence electrons. The van der Waals surface area contributed by atoms with Crippen LogP contribution < -0.4 is 5.30 Å². The average molecular weight is 445 g/mol. The molecular weight excluding hydrogens is 399 g/mol. The van der Waals surface area contributed by atoms with Crippen molar-refractivity contribution in [2.75, 3.05) is 0 Å². The molecule has 1 aromatic rings. The van der Waals surface area contributed by atoms with Crippen LogP contribution >= 0.6 is 19.3 Å². The predicted octanol–water partition coefficient (Wildman–Crippen LogP) is 9.62. The Kier molecular flexibility index (Phi) is 7.93. The Morgan fingerprint density at radius 1 is 0.533 bits per heavy atom. The van der Waals surface area contributed by atoms with Gasteiger partial charge in [-0.25, -0.2) is 0 Å². The highest BCUT2D eigenvalue weighted by Crippen LogP contribution is 2.58. The minimum Gasteiger partial charge on any atom is -0.144 e. The maximum absolute atomic E-state index is 2.87. The van der Waals surface area contributed by atoms with E-state index < -0.39 is 0 Å². The fourth-order valence-electron chi connectivity index (χ4n) is 7.27. The zero-order valence-corrected chi connectivity index (χ0v) is 21.1. The van der Waals surface area contributed by atoms with Crippen molar-refractivity contribution >= 4 is 24.6 Å². The second-order valence-electron chi connectivity index (χ2n) is 11.1.